The van der Waals surface area contributed by atoms with Gasteiger partial charge in [-0.25, -0.2) is 0 Å². The minimum Gasteiger partial charge on any atom is -0.481 e. The maximum atomic E-state index is 12.3. The molecule has 0 aliphatic carbocycles. The summed E-state index contributed by atoms with van der Waals surface area (Å²) in [4.78, 5) is 16.6. The lowest BCUT2D eigenvalue weighted by Gasteiger charge is -2.05. The van der Waals surface area contributed by atoms with Crippen molar-refractivity contribution in [1.82, 2.24) is 10.3 Å². The third-order valence-electron chi connectivity index (χ3n) is 4.60. The Morgan fingerprint density at radius 1 is 0.867 bits per heavy atom. The molecule has 3 aromatic carbocycles. The first-order chi connectivity index (χ1) is 14.8. The third kappa shape index (κ3) is 4.84. The number of benzene rings is 3. The van der Waals surface area contributed by atoms with Gasteiger partial charge in [0.15, 0.2) is 0 Å². The minimum atomic E-state index is -0.148. The van der Waals surface area contributed by atoms with Gasteiger partial charge in [-0.3, -0.25) is 9.78 Å². The van der Waals surface area contributed by atoms with Crippen molar-refractivity contribution in [3.05, 3.63) is 96.7 Å². The summed E-state index contributed by atoms with van der Waals surface area (Å²) >= 11 is 0. The van der Waals surface area contributed by atoms with E-state index in [0.717, 1.165) is 27.8 Å². The number of nitrogens with zero attached hydrogens (tertiary/aromatic N) is 1. The lowest BCUT2D eigenvalue weighted by molar-refractivity contribution is 0.0958. The second-order valence-corrected chi connectivity index (χ2v) is 6.63. The monoisotopic (exact) mass is 392 g/mol. The van der Waals surface area contributed by atoms with Crippen LogP contribution in [-0.2, 0) is 0 Å². The van der Waals surface area contributed by atoms with Gasteiger partial charge in [0, 0.05) is 23.2 Å². The highest BCUT2D eigenvalue weighted by Gasteiger charge is 2.04. The van der Waals surface area contributed by atoms with Crippen LogP contribution in [0.1, 0.15) is 10.4 Å². The predicted molar refractivity (Wildman–Crippen MR) is 119 cm³/mol. The van der Waals surface area contributed by atoms with Gasteiger partial charge >= 0.3 is 0 Å². The number of pyridine rings is 1. The molecule has 0 atom stereocenters. The van der Waals surface area contributed by atoms with Crippen molar-refractivity contribution < 1.29 is 9.53 Å². The highest BCUT2D eigenvalue weighted by Crippen LogP contribution is 2.19. The van der Waals surface area contributed by atoms with Gasteiger partial charge in [0.2, 0.25) is 0 Å². The highest BCUT2D eigenvalue weighted by molar-refractivity contribution is 5.94. The SMILES string of the molecule is O=C(NCC#CCOc1ccc2cccnc2c1)c1ccc(-c2ccccc2)cc1. The summed E-state index contributed by atoms with van der Waals surface area (Å²) in [6, 6.07) is 27.3. The Balaban J connectivity index is 1.25. The van der Waals surface area contributed by atoms with Crippen LogP contribution in [0.5, 0.6) is 5.75 Å². The number of hydrogen-bond donors (Lipinski definition) is 1. The number of hydrogen-bond acceptors (Lipinski definition) is 3. The molecule has 0 spiro atoms. The molecular weight excluding hydrogens is 372 g/mol. The number of amides is 1. The van der Waals surface area contributed by atoms with E-state index in [2.05, 4.69) is 22.1 Å². The lowest BCUT2D eigenvalue weighted by Crippen LogP contribution is -2.23. The second kappa shape index (κ2) is 9.40. The van der Waals surface area contributed by atoms with Gasteiger partial charge in [0.25, 0.3) is 5.91 Å². The topological polar surface area (TPSA) is 51.2 Å². The van der Waals surface area contributed by atoms with Crippen molar-refractivity contribution in [3.63, 3.8) is 0 Å². The molecule has 30 heavy (non-hydrogen) atoms. The Morgan fingerprint density at radius 2 is 1.67 bits per heavy atom. The summed E-state index contributed by atoms with van der Waals surface area (Å²) in [5.74, 6) is 6.39. The molecule has 1 heterocycles. The fourth-order valence-electron chi connectivity index (χ4n) is 3.04. The summed E-state index contributed by atoms with van der Waals surface area (Å²) in [6.45, 7) is 0.516. The van der Waals surface area contributed by atoms with Crippen LogP contribution in [0.2, 0.25) is 0 Å². The fourth-order valence-corrected chi connectivity index (χ4v) is 3.04. The van der Waals surface area contributed by atoms with E-state index in [9.17, 15) is 4.79 Å². The van der Waals surface area contributed by atoms with E-state index < -0.39 is 0 Å². The predicted octanol–water partition coefficient (Wildman–Crippen LogP) is 4.71. The zero-order valence-electron chi connectivity index (χ0n) is 16.3. The van der Waals surface area contributed by atoms with E-state index in [4.69, 9.17) is 4.74 Å². The van der Waals surface area contributed by atoms with Crippen LogP contribution in [0.15, 0.2) is 91.1 Å². The molecule has 0 radical (unpaired) electrons. The van der Waals surface area contributed by atoms with Gasteiger partial charge in [0.05, 0.1) is 12.1 Å². The van der Waals surface area contributed by atoms with E-state index in [1.807, 2.05) is 84.9 Å². The van der Waals surface area contributed by atoms with Crippen LogP contribution < -0.4 is 10.1 Å². The van der Waals surface area contributed by atoms with E-state index >= 15 is 0 Å². The summed E-state index contributed by atoms with van der Waals surface area (Å²) in [7, 11) is 0. The number of ether oxygens (including phenoxy) is 1. The molecule has 4 nitrogen and oxygen atoms in total. The van der Waals surface area contributed by atoms with Gasteiger partial charge in [-0.1, -0.05) is 60.4 Å². The van der Waals surface area contributed by atoms with Crippen molar-refractivity contribution >= 4 is 16.8 Å². The van der Waals surface area contributed by atoms with Gasteiger partial charge in [-0.05, 0) is 41.5 Å². The van der Waals surface area contributed by atoms with Crippen molar-refractivity contribution in [2.75, 3.05) is 13.2 Å². The molecule has 0 unspecified atom stereocenters. The van der Waals surface area contributed by atoms with Crippen LogP contribution in [0.4, 0.5) is 0 Å². The summed E-state index contributed by atoms with van der Waals surface area (Å²) in [5.41, 5.74) is 3.69. The van der Waals surface area contributed by atoms with Crippen LogP contribution in [0.25, 0.3) is 22.0 Å². The molecule has 1 N–H and O–H groups in total. The van der Waals surface area contributed by atoms with Crippen molar-refractivity contribution in [2.45, 2.75) is 0 Å². The number of rotatable bonds is 5. The molecule has 0 aliphatic rings. The number of nitrogens with one attached hydrogen (secondary N) is 1. The van der Waals surface area contributed by atoms with Crippen LogP contribution in [0, 0.1) is 11.8 Å². The molecule has 0 aliphatic heterocycles. The summed E-state index contributed by atoms with van der Waals surface area (Å²) in [5, 5.41) is 3.87. The molecule has 4 aromatic rings. The molecule has 0 bridgehead atoms. The van der Waals surface area contributed by atoms with Crippen molar-refractivity contribution in [1.29, 1.82) is 0 Å². The third-order valence-corrected chi connectivity index (χ3v) is 4.60. The van der Waals surface area contributed by atoms with Gasteiger partial charge < -0.3 is 10.1 Å². The molecule has 1 aromatic heterocycles. The smallest absolute Gasteiger partial charge is 0.252 e. The molecule has 0 saturated heterocycles. The van der Waals surface area contributed by atoms with E-state index in [1.54, 1.807) is 6.20 Å². The Labute approximate surface area is 175 Å². The first kappa shape index (κ1) is 19.2. The maximum absolute atomic E-state index is 12.3. The summed E-state index contributed by atoms with van der Waals surface area (Å²) < 4.78 is 5.63. The van der Waals surface area contributed by atoms with E-state index in [-0.39, 0.29) is 19.1 Å². The number of fused-ring (bicyclic) bond motifs is 1. The molecule has 1 amide bonds. The van der Waals surface area contributed by atoms with Crippen molar-refractivity contribution in [2.24, 2.45) is 0 Å². The standard InChI is InChI=1S/C26H20N2O2/c29-26(23-12-10-21(11-13-23)20-7-2-1-3-8-20)28-16-4-5-18-30-24-15-14-22-9-6-17-27-25(22)19-24/h1-3,6-15,17,19H,16,18H2,(H,28,29). The molecule has 0 saturated carbocycles. The van der Waals surface area contributed by atoms with Gasteiger partial charge in [0.1, 0.15) is 12.4 Å². The average molecular weight is 392 g/mol. The van der Waals surface area contributed by atoms with E-state index in [0.29, 0.717) is 5.56 Å². The van der Waals surface area contributed by atoms with Crippen LogP contribution in [0.3, 0.4) is 0 Å². The number of carbonyl (C=O) groups is 1. The first-order valence-electron chi connectivity index (χ1n) is 9.66. The highest BCUT2D eigenvalue weighted by atomic mass is 16.5. The first-order valence-corrected chi connectivity index (χ1v) is 9.66. The lowest BCUT2D eigenvalue weighted by atomic mass is 10.0. The quantitative estimate of drug-likeness (QED) is 0.500. The average Bonchev–Trinajstić information content (AvgIpc) is 2.81. The molecule has 4 rings (SSSR count). The largest absolute Gasteiger partial charge is 0.481 e. The Kier molecular flexibility index (Phi) is 6.02. The maximum Gasteiger partial charge on any atom is 0.252 e. The molecule has 0 fully saturated rings. The number of carbonyl (C=O) groups excluding carboxylic acids is 1. The van der Waals surface area contributed by atoms with Crippen LogP contribution in [-0.4, -0.2) is 24.0 Å². The molecule has 4 heteroatoms. The van der Waals surface area contributed by atoms with E-state index in [1.165, 1.54) is 0 Å². The second-order valence-electron chi connectivity index (χ2n) is 6.63. The Hall–Kier alpha value is -4.10. The van der Waals surface area contributed by atoms with Gasteiger partial charge in [-0.15, -0.1) is 0 Å². The molecular formula is C26H20N2O2. The Bertz CT molecular complexity index is 1210. The zero-order chi connectivity index (χ0) is 20.6. The fraction of sp³-hybridized carbons (Fsp3) is 0.0769. The number of aromatic nitrogens is 1. The molecule has 146 valence electrons. The normalized spacial score (nSPS) is 10.1. The minimum absolute atomic E-state index is 0.148. The van der Waals surface area contributed by atoms with Gasteiger partial charge in [-0.2, -0.15) is 0 Å². The van der Waals surface area contributed by atoms with Crippen molar-refractivity contribution in [3.8, 4) is 28.7 Å². The van der Waals surface area contributed by atoms with Crippen LogP contribution >= 0.6 is 0 Å². The Morgan fingerprint density at radius 3 is 2.50 bits per heavy atom. The zero-order valence-corrected chi connectivity index (χ0v) is 16.3. The summed E-state index contributed by atoms with van der Waals surface area (Å²) in [6.07, 6.45) is 1.75.